The van der Waals surface area contributed by atoms with Crippen LogP contribution >= 0.6 is 0 Å². The second-order valence-electron chi connectivity index (χ2n) is 9.41. The van der Waals surface area contributed by atoms with Crippen LogP contribution in [0.5, 0.6) is 0 Å². The van der Waals surface area contributed by atoms with Crippen LogP contribution in [0.25, 0.3) is 0 Å². The van der Waals surface area contributed by atoms with Gasteiger partial charge in [0.2, 0.25) is 5.91 Å². The van der Waals surface area contributed by atoms with E-state index in [2.05, 4.69) is 15.1 Å². The smallest absolute Gasteiger partial charge is 0.410 e. The lowest BCUT2D eigenvalue weighted by molar-refractivity contribution is -0.120. The molecule has 2 fully saturated rings. The quantitative estimate of drug-likeness (QED) is 0.738. The van der Waals surface area contributed by atoms with Gasteiger partial charge >= 0.3 is 12.1 Å². The number of hydrogen-bond donors (Lipinski definition) is 1. The Bertz CT molecular complexity index is 896. The standard InChI is InChI=1S/C22H31N5O4/c1-22(2,3)31-21(30)25-11-12-26-16(14-25)7-9-24(4)18-13-15(5-6-17(18)26)27-10-8-19(28)23-20(27)29/h5-6,13,16H,7-12,14H2,1-4H3,(H,23,28,29)/t16-/m0/s1. The summed E-state index contributed by atoms with van der Waals surface area (Å²) in [5, 5.41) is 2.38. The van der Waals surface area contributed by atoms with Gasteiger partial charge in [-0.3, -0.25) is 15.0 Å². The zero-order valence-electron chi connectivity index (χ0n) is 18.7. The Balaban J connectivity index is 1.55. The first-order valence-corrected chi connectivity index (χ1v) is 10.8. The van der Waals surface area contributed by atoms with E-state index in [1.807, 2.05) is 46.0 Å². The molecule has 0 spiro atoms. The molecule has 0 saturated carbocycles. The van der Waals surface area contributed by atoms with Crippen LogP contribution in [-0.4, -0.2) is 74.3 Å². The van der Waals surface area contributed by atoms with Crippen molar-refractivity contribution in [1.29, 1.82) is 0 Å². The number of rotatable bonds is 1. The second-order valence-corrected chi connectivity index (χ2v) is 9.41. The van der Waals surface area contributed by atoms with Crippen LogP contribution in [0.15, 0.2) is 18.2 Å². The van der Waals surface area contributed by atoms with Crippen molar-refractivity contribution < 1.29 is 19.1 Å². The maximum Gasteiger partial charge on any atom is 0.410 e. The fourth-order valence-corrected chi connectivity index (χ4v) is 4.41. The lowest BCUT2D eigenvalue weighted by Gasteiger charge is -2.42. The number of ether oxygens (including phenoxy) is 1. The van der Waals surface area contributed by atoms with Crippen molar-refractivity contribution in [1.82, 2.24) is 10.2 Å². The maximum atomic E-state index is 12.6. The van der Waals surface area contributed by atoms with Gasteiger partial charge in [-0.1, -0.05) is 0 Å². The molecule has 1 aromatic rings. The first-order chi connectivity index (χ1) is 14.6. The Morgan fingerprint density at radius 3 is 2.58 bits per heavy atom. The summed E-state index contributed by atoms with van der Waals surface area (Å²) in [7, 11) is 2.05. The van der Waals surface area contributed by atoms with Crippen LogP contribution in [0.2, 0.25) is 0 Å². The summed E-state index contributed by atoms with van der Waals surface area (Å²) in [6, 6.07) is 5.83. The molecule has 9 heteroatoms. The predicted octanol–water partition coefficient (Wildman–Crippen LogP) is 2.40. The molecule has 3 aliphatic rings. The normalized spacial score (nSPS) is 21.9. The molecule has 0 bridgehead atoms. The average Bonchev–Trinajstić information content (AvgIpc) is 2.83. The topological polar surface area (TPSA) is 85.4 Å². The van der Waals surface area contributed by atoms with Gasteiger partial charge in [0.05, 0.1) is 11.4 Å². The summed E-state index contributed by atoms with van der Waals surface area (Å²) in [6.45, 7) is 8.82. The molecule has 168 valence electrons. The van der Waals surface area contributed by atoms with Gasteiger partial charge in [0.1, 0.15) is 5.60 Å². The summed E-state index contributed by atoms with van der Waals surface area (Å²) in [5.41, 5.74) is 2.43. The SMILES string of the molecule is CN1CC[C@H]2CN(C(=O)OC(C)(C)C)CCN2c2ccc(N3CCC(=O)NC3=O)cc21. The zero-order chi connectivity index (χ0) is 22.3. The summed E-state index contributed by atoms with van der Waals surface area (Å²) >= 11 is 0. The van der Waals surface area contributed by atoms with Crippen LogP contribution in [0.4, 0.5) is 26.7 Å². The minimum atomic E-state index is -0.508. The highest BCUT2D eigenvalue weighted by atomic mass is 16.6. The van der Waals surface area contributed by atoms with Crippen molar-refractivity contribution in [3.8, 4) is 0 Å². The molecule has 4 amide bonds. The van der Waals surface area contributed by atoms with Crippen molar-refractivity contribution >= 4 is 35.1 Å². The van der Waals surface area contributed by atoms with Gasteiger partial charge in [-0.25, -0.2) is 9.59 Å². The molecule has 0 aromatic heterocycles. The third-order valence-corrected chi connectivity index (χ3v) is 5.98. The van der Waals surface area contributed by atoms with Crippen molar-refractivity contribution in [2.24, 2.45) is 0 Å². The largest absolute Gasteiger partial charge is 0.444 e. The number of urea groups is 1. The molecule has 31 heavy (non-hydrogen) atoms. The minimum Gasteiger partial charge on any atom is -0.444 e. The van der Waals surface area contributed by atoms with E-state index in [0.717, 1.165) is 36.6 Å². The molecule has 1 atom stereocenters. The van der Waals surface area contributed by atoms with E-state index in [4.69, 9.17) is 4.74 Å². The van der Waals surface area contributed by atoms with Crippen LogP contribution in [0.3, 0.4) is 0 Å². The summed E-state index contributed by atoms with van der Waals surface area (Å²) in [5.74, 6) is -0.237. The van der Waals surface area contributed by atoms with Crippen molar-refractivity contribution in [3.05, 3.63) is 18.2 Å². The van der Waals surface area contributed by atoms with E-state index < -0.39 is 5.60 Å². The van der Waals surface area contributed by atoms with E-state index in [0.29, 0.717) is 26.1 Å². The monoisotopic (exact) mass is 429 g/mol. The van der Waals surface area contributed by atoms with Crippen LogP contribution < -0.4 is 20.0 Å². The number of nitrogens with zero attached hydrogens (tertiary/aromatic N) is 4. The number of amides is 4. The van der Waals surface area contributed by atoms with E-state index in [9.17, 15) is 14.4 Å². The van der Waals surface area contributed by atoms with Gasteiger partial charge in [0.25, 0.3) is 0 Å². The first-order valence-electron chi connectivity index (χ1n) is 10.8. The Morgan fingerprint density at radius 2 is 1.87 bits per heavy atom. The van der Waals surface area contributed by atoms with E-state index in [-0.39, 0.29) is 24.1 Å². The molecule has 2 saturated heterocycles. The number of fused-ring (bicyclic) bond motifs is 3. The zero-order valence-corrected chi connectivity index (χ0v) is 18.7. The lowest BCUT2D eigenvalue weighted by Crippen LogP contribution is -2.55. The highest BCUT2D eigenvalue weighted by molar-refractivity contribution is 6.06. The summed E-state index contributed by atoms with van der Waals surface area (Å²) in [4.78, 5) is 44.3. The number of piperazine rings is 1. The van der Waals surface area contributed by atoms with Gasteiger partial charge in [0, 0.05) is 57.9 Å². The molecule has 3 aliphatic heterocycles. The van der Waals surface area contributed by atoms with Crippen LogP contribution in [0.1, 0.15) is 33.6 Å². The van der Waals surface area contributed by atoms with E-state index >= 15 is 0 Å². The number of nitrogens with one attached hydrogen (secondary N) is 1. The van der Waals surface area contributed by atoms with Gasteiger partial charge in [-0.2, -0.15) is 0 Å². The Kier molecular flexibility index (Phi) is 5.45. The molecule has 1 aromatic carbocycles. The van der Waals surface area contributed by atoms with Crippen molar-refractivity contribution in [2.75, 3.05) is 54.5 Å². The highest BCUT2D eigenvalue weighted by Gasteiger charge is 2.35. The molecule has 1 N–H and O–H groups in total. The molecular weight excluding hydrogens is 398 g/mol. The van der Waals surface area contributed by atoms with Crippen LogP contribution in [0, 0.1) is 0 Å². The Hall–Kier alpha value is -2.97. The molecule has 0 aliphatic carbocycles. The predicted molar refractivity (Wildman–Crippen MR) is 119 cm³/mol. The fraction of sp³-hybridized carbons (Fsp3) is 0.591. The molecule has 3 heterocycles. The van der Waals surface area contributed by atoms with Crippen molar-refractivity contribution in [2.45, 2.75) is 45.3 Å². The van der Waals surface area contributed by atoms with Crippen molar-refractivity contribution in [3.63, 3.8) is 0 Å². The lowest BCUT2D eigenvalue weighted by atomic mass is 10.1. The third-order valence-electron chi connectivity index (χ3n) is 5.98. The molecule has 9 nitrogen and oxygen atoms in total. The van der Waals surface area contributed by atoms with Gasteiger partial charge in [0.15, 0.2) is 0 Å². The number of anilines is 3. The summed E-state index contributed by atoms with van der Waals surface area (Å²) in [6.07, 6.45) is 0.956. The number of imide groups is 1. The van der Waals surface area contributed by atoms with E-state index in [1.54, 1.807) is 9.80 Å². The molecule has 0 radical (unpaired) electrons. The number of carbonyl (C=O) groups is 3. The average molecular weight is 430 g/mol. The summed E-state index contributed by atoms with van der Waals surface area (Å²) < 4.78 is 5.57. The Morgan fingerprint density at radius 1 is 1.10 bits per heavy atom. The molecule has 0 unspecified atom stereocenters. The maximum absolute atomic E-state index is 12.6. The van der Waals surface area contributed by atoms with Gasteiger partial charge < -0.3 is 19.4 Å². The number of carbonyl (C=O) groups excluding carboxylic acids is 3. The van der Waals surface area contributed by atoms with E-state index in [1.165, 1.54) is 0 Å². The number of benzene rings is 1. The first kappa shape index (κ1) is 21.3. The number of hydrogen-bond acceptors (Lipinski definition) is 6. The Labute approximate surface area is 182 Å². The fourth-order valence-electron chi connectivity index (χ4n) is 4.41. The van der Waals surface area contributed by atoms with Gasteiger partial charge in [-0.05, 0) is 45.4 Å². The molecular formula is C22H31N5O4. The van der Waals surface area contributed by atoms with Crippen LogP contribution in [-0.2, 0) is 9.53 Å². The van der Waals surface area contributed by atoms with Gasteiger partial charge in [-0.15, -0.1) is 0 Å². The second kappa shape index (κ2) is 7.94. The highest BCUT2D eigenvalue weighted by Crippen LogP contribution is 2.38. The third kappa shape index (κ3) is 4.40. The minimum absolute atomic E-state index is 0.201. The molecule has 4 rings (SSSR count).